The Bertz CT molecular complexity index is 1930. The van der Waals surface area contributed by atoms with Gasteiger partial charge in [0, 0.05) is 0 Å². The first-order chi connectivity index (χ1) is 24.6. The summed E-state index contributed by atoms with van der Waals surface area (Å²) in [4.78, 5) is 0. The van der Waals surface area contributed by atoms with Gasteiger partial charge in [-0.3, -0.25) is 0 Å². The van der Waals surface area contributed by atoms with Crippen molar-refractivity contribution in [1.82, 2.24) is 0 Å². The molecule has 0 amide bonds. The fraction of sp³-hybridized carbons (Fsp3) is 0.0769. The van der Waals surface area contributed by atoms with Crippen molar-refractivity contribution in [2.75, 3.05) is 0 Å². The van der Waals surface area contributed by atoms with Gasteiger partial charge in [0.05, 0.1) is 16.7 Å². The van der Waals surface area contributed by atoms with E-state index in [0.717, 1.165) is 36.4 Å². The van der Waals surface area contributed by atoms with E-state index in [4.69, 9.17) is 14.2 Å². The van der Waals surface area contributed by atoms with Gasteiger partial charge in [-0.15, -0.1) is 0 Å². The Morgan fingerprint density at radius 1 is 0.308 bits per heavy atom. The Balaban J connectivity index is 1.39. The molecule has 0 heterocycles. The second kappa shape index (κ2) is 14.6. The second-order valence-electron chi connectivity index (χ2n) is 11.2. The molecule has 3 nitrogen and oxygen atoms in total. The highest BCUT2D eigenvalue weighted by molar-refractivity contribution is 7.79. The summed E-state index contributed by atoms with van der Waals surface area (Å²) >= 11 is 0. The normalized spacial score (nSPS) is 12.1. The molecule has 0 N–H and O–H groups in total. The van der Waals surface area contributed by atoms with Crippen LogP contribution in [0.2, 0.25) is 0 Å². The van der Waals surface area contributed by atoms with Gasteiger partial charge in [-0.1, -0.05) is 54.6 Å². The minimum atomic E-state index is -4.59. The van der Waals surface area contributed by atoms with Crippen molar-refractivity contribution in [3.8, 4) is 34.5 Å². The lowest BCUT2D eigenvalue weighted by Crippen LogP contribution is -2.21. The van der Waals surface area contributed by atoms with Gasteiger partial charge >= 0.3 is 18.5 Å². The van der Waals surface area contributed by atoms with Gasteiger partial charge in [-0.05, 0) is 115 Å². The third-order valence-electron chi connectivity index (χ3n) is 7.42. The first-order valence-electron chi connectivity index (χ1n) is 15.3. The average molecular weight is 743 g/mol. The Labute approximate surface area is 292 Å². The molecular weight excluding hydrogens is 718 g/mol. The number of halogens is 9. The molecular formula is C39H24F9O3P. The molecule has 0 unspecified atom stereocenters. The number of alkyl halides is 9. The maximum Gasteiger partial charge on any atom is 0.416 e. The van der Waals surface area contributed by atoms with E-state index in [9.17, 15) is 39.5 Å². The van der Waals surface area contributed by atoms with Gasteiger partial charge in [0.1, 0.15) is 34.5 Å². The maximum absolute atomic E-state index is 13.4. The van der Waals surface area contributed by atoms with Crippen molar-refractivity contribution >= 4 is 23.8 Å². The summed E-state index contributed by atoms with van der Waals surface area (Å²) in [6, 6.07) is 33.1. The van der Waals surface area contributed by atoms with Crippen molar-refractivity contribution in [2.24, 2.45) is 0 Å². The highest BCUT2D eigenvalue weighted by atomic mass is 31.1. The fourth-order valence-corrected chi connectivity index (χ4v) is 7.49. The molecule has 0 atom stereocenters. The van der Waals surface area contributed by atoms with Crippen LogP contribution in [0.3, 0.4) is 0 Å². The van der Waals surface area contributed by atoms with E-state index in [1.165, 1.54) is 36.4 Å². The number of benzene rings is 6. The van der Waals surface area contributed by atoms with Gasteiger partial charge in [-0.2, -0.15) is 39.5 Å². The van der Waals surface area contributed by atoms with Crippen molar-refractivity contribution in [3.05, 3.63) is 162 Å². The summed E-state index contributed by atoms with van der Waals surface area (Å²) in [7, 11) is -1.57. The van der Waals surface area contributed by atoms with Crippen molar-refractivity contribution in [2.45, 2.75) is 18.5 Å². The Morgan fingerprint density at radius 2 is 0.538 bits per heavy atom. The summed E-state index contributed by atoms with van der Waals surface area (Å²) in [6.07, 6.45) is -13.8. The number of hydrogen-bond donors (Lipinski definition) is 0. The Hall–Kier alpha value is -5.48. The van der Waals surface area contributed by atoms with Crippen LogP contribution in [0.1, 0.15) is 16.7 Å². The van der Waals surface area contributed by atoms with Gasteiger partial charge in [-0.25, -0.2) is 0 Å². The first-order valence-corrected chi connectivity index (χ1v) is 16.6. The first kappa shape index (κ1) is 36.3. The summed E-state index contributed by atoms with van der Waals surface area (Å²) < 4.78 is 138. The average Bonchev–Trinajstić information content (AvgIpc) is 3.08. The topological polar surface area (TPSA) is 27.7 Å². The van der Waals surface area contributed by atoms with Crippen molar-refractivity contribution < 1.29 is 53.7 Å². The Morgan fingerprint density at radius 3 is 0.788 bits per heavy atom. The number of hydrogen-bond acceptors (Lipinski definition) is 3. The van der Waals surface area contributed by atoms with E-state index in [1.807, 2.05) is 0 Å². The molecule has 6 aromatic carbocycles. The lowest BCUT2D eigenvalue weighted by molar-refractivity contribution is -0.138. The van der Waals surface area contributed by atoms with E-state index in [0.29, 0.717) is 15.9 Å². The molecule has 0 saturated carbocycles. The second-order valence-corrected chi connectivity index (χ2v) is 13.4. The van der Waals surface area contributed by atoms with Crippen LogP contribution in [0, 0.1) is 0 Å². The molecule has 0 saturated heterocycles. The molecule has 0 aromatic heterocycles. The summed E-state index contributed by atoms with van der Waals surface area (Å²) in [5, 5.41) is 1.94. The molecule has 0 fully saturated rings. The molecule has 6 aromatic rings. The highest BCUT2D eigenvalue weighted by Gasteiger charge is 2.32. The molecule has 0 aliphatic carbocycles. The van der Waals surface area contributed by atoms with Gasteiger partial charge < -0.3 is 14.2 Å². The van der Waals surface area contributed by atoms with E-state index in [1.54, 1.807) is 72.8 Å². The molecule has 0 aliphatic rings. The molecule has 0 aliphatic heterocycles. The van der Waals surface area contributed by atoms with Crippen molar-refractivity contribution in [3.63, 3.8) is 0 Å². The lowest BCUT2D eigenvalue weighted by Gasteiger charge is -2.22. The SMILES string of the molecule is FC(F)(F)c1cccc(Oc2cccc(P(c3cccc(Oc4cccc(C(F)(F)F)c4)c3)c3cccc(Oc4cccc(C(F)(F)F)c4)c3)c2)c1. The zero-order valence-electron chi connectivity index (χ0n) is 26.4. The summed E-state index contributed by atoms with van der Waals surface area (Å²) in [5.74, 6) is 0.504. The number of ether oxygens (including phenoxy) is 3. The predicted octanol–water partition coefficient (Wildman–Crippen LogP) is 11.9. The standard InChI is InChI=1S/C39H24F9O3P/c40-37(41,42)25-7-1-10-28(19-25)49-31-13-4-16-34(22-31)52(35-17-5-14-32(23-35)50-29-11-2-8-26(20-29)38(43,44)45)36-18-6-15-33(24-36)51-30-12-3-9-27(21-30)39(46,47)48/h1-24H. The minimum Gasteiger partial charge on any atom is -0.457 e. The highest BCUT2D eigenvalue weighted by Crippen LogP contribution is 2.39. The third kappa shape index (κ3) is 9.05. The van der Waals surface area contributed by atoms with Crippen LogP contribution in [-0.4, -0.2) is 0 Å². The quantitative estimate of drug-likeness (QED) is 0.109. The molecule has 52 heavy (non-hydrogen) atoms. The smallest absolute Gasteiger partial charge is 0.416 e. The zero-order valence-corrected chi connectivity index (χ0v) is 27.3. The molecule has 266 valence electrons. The van der Waals surface area contributed by atoms with E-state index >= 15 is 0 Å². The van der Waals surface area contributed by atoms with Crippen molar-refractivity contribution in [1.29, 1.82) is 0 Å². The molecule has 6 rings (SSSR count). The van der Waals surface area contributed by atoms with Crippen LogP contribution in [0.4, 0.5) is 39.5 Å². The van der Waals surface area contributed by atoms with Crippen LogP contribution in [0.25, 0.3) is 0 Å². The summed E-state index contributed by atoms with van der Waals surface area (Å²) in [5.41, 5.74) is -2.67. The van der Waals surface area contributed by atoms with Gasteiger partial charge in [0.25, 0.3) is 0 Å². The van der Waals surface area contributed by atoms with E-state index in [2.05, 4.69) is 0 Å². The van der Waals surface area contributed by atoms with E-state index < -0.39 is 43.1 Å². The largest absolute Gasteiger partial charge is 0.457 e. The van der Waals surface area contributed by atoms with Crippen LogP contribution in [0.5, 0.6) is 34.5 Å². The molecule has 0 radical (unpaired) electrons. The van der Waals surface area contributed by atoms with E-state index in [-0.39, 0.29) is 34.5 Å². The van der Waals surface area contributed by atoms with Gasteiger partial charge in [0.15, 0.2) is 0 Å². The number of rotatable bonds is 9. The van der Waals surface area contributed by atoms with Gasteiger partial charge in [0.2, 0.25) is 0 Å². The Kier molecular flexibility index (Phi) is 10.2. The predicted molar refractivity (Wildman–Crippen MR) is 180 cm³/mol. The lowest BCUT2D eigenvalue weighted by atomic mass is 10.2. The van der Waals surface area contributed by atoms with Crippen LogP contribution in [-0.2, 0) is 18.5 Å². The minimum absolute atomic E-state index is 0.0516. The third-order valence-corrected chi connectivity index (χ3v) is 9.80. The van der Waals surface area contributed by atoms with Crippen LogP contribution < -0.4 is 30.1 Å². The maximum atomic E-state index is 13.4. The fourth-order valence-electron chi connectivity index (χ4n) is 5.12. The summed E-state index contributed by atoms with van der Waals surface area (Å²) in [6.45, 7) is 0. The monoisotopic (exact) mass is 742 g/mol. The molecule has 0 bridgehead atoms. The van der Waals surface area contributed by atoms with Crippen LogP contribution >= 0.6 is 7.92 Å². The molecule has 0 spiro atoms. The zero-order chi connectivity index (χ0) is 37.1. The molecule has 13 heteroatoms. The van der Waals surface area contributed by atoms with Crippen LogP contribution in [0.15, 0.2) is 146 Å².